The molecule has 2 N–H and O–H groups in total. The van der Waals surface area contributed by atoms with Crippen LogP contribution in [0.15, 0.2) is 27.8 Å². The first kappa shape index (κ1) is 16.9. The van der Waals surface area contributed by atoms with Crippen molar-refractivity contribution >= 4 is 17.7 Å². The van der Waals surface area contributed by atoms with Gasteiger partial charge in [0.1, 0.15) is 5.76 Å². The van der Waals surface area contributed by atoms with Crippen LogP contribution in [0.25, 0.3) is 0 Å². The number of methoxy groups -OCH3 is 1. The Kier molecular flexibility index (Phi) is 9.87. The lowest BCUT2D eigenvalue weighted by molar-refractivity contribution is 0.197. The molecule has 0 fully saturated rings. The maximum absolute atomic E-state index is 5.31. The van der Waals surface area contributed by atoms with Crippen molar-refractivity contribution in [3.05, 3.63) is 24.2 Å². The van der Waals surface area contributed by atoms with E-state index in [1.165, 1.54) is 0 Å². The van der Waals surface area contributed by atoms with Gasteiger partial charge in [0.25, 0.3) is 0 Å². The smallest absolute Gasteiger partial charge is 0.191 e. The molecule has 0 bridgehead atoms. The number of thioether (sulfide) groups is 1. The zero-order chi connectivity index (χ0) is 14.5. The summed E-state index contributed by atoms with van der Waals surface area (Å²) in [6.07, 6.45) is 5.59. The van der Waals surface area contributed by atoms with Crippen LogP contribution in [-0.4, -0.2) is 51.3 Å². The van der Waals surface area contributed by atoms with Gasteiger partial charge in [-0.2, -0.15) is 11.8 Å². The molecule has 1 rings (SSSR count). The van der Waals surface area contributed by atoms with E-state index < -0.39 is 0 Å². The summed E-state index contributed by atoms with van der Waals surface area (Å²) < 4.78 is 10.3. The summed E-state index contributed by atoms with van der Waals surface area (Å²) in [5, 5.41) is 6.65. The standard InChI is InChI=1S/C14H25N3O2S/c1-18-10-4-7-15-14(17-9-12-20-2)16-8-6-13-5-3-11-19-13/h3,5,11H,4,6-10,12H2,1-2H3,(H2,15,16,17). The van der Waals surface area contributed by atoms with Crippen molar-refractivity contribution in [2.45, 2.75) is 12.8 Å². The normalized spacial score (nSPS) is 11.6. The number of furan rings is 1. The third-order valence-electron chi connectivity index (χ3n) is 2.62. The number of aliphatic imine (C=N–C) groups is 1. The molecule has 6 heteroatoms. The van der Waals surface area contributed by atoms with Crippen molar-refractivity contribution in [3.8, 4) is 0 Å². The number of nitrogens with one attached hydrogen (secondary N) is 2. The Bertz CT molecular complexity index is 355. The molecule has 0 saturated heterocycles. The SMILES string of the molecule is COCCCN=C(NCCSC)NCCc1ccco1. The largest absolute Gasteiger partial charge is 0.469 e. The maximum atomic E-state index is 5.31. The Hall–Kier alpha value is -1.14. The third-order valence-corrected chi connectivity index (χ3v) is 3.23. The molecule has 0 spiro atoms. The second-order valence-corrected chi connectivity index (χ2v) is 5.24. The van der Waals surface area contributed by atoms with Crippen molar-refractivity contribution in [1.82, 2.24) is 10.6 Å². The van der Waals surface area contributed by atoms with E-state index in [0.29, 0.717) is 0 Å². The van der Waals surface area contributed by atoms with Gasteiger partial charge in [-0.1, -0.05) is 0 Å². The molecule has 0 amide bonds. The second-order valence-electron chi connectivity index (χ2n) is 4.25. The van der Waals surface area contributed by atoms with E-state index in [2.05, 4.69) is 21.9 Å². The average Bonchev–Trinajstić information content (AvgIpc) is 2.96. The Labute approximate surface area is 125 Å². The minimum atomic E-state index is 0.744. The van der Waals surface area contributed by atoms with Crippen LogP contribution >= 0.6 is 11.8 Å². The predicted molar refractivity (Wildman–Crippen MR) is 85.6 cm³/mol. The first-order chi connectivity index (χ1) is 9.86. The highest BCUT2D eigenvalue weighted by Crippen LogP contribution is 1.99. The Balaban J connectivity index is 2.28. The summed E-state index contributed by atoms with van der Waals surface area (Å²) in [6, 6.07) is 3.89. The van der Waals surface area contributed by atoms with Crippen LogP contribution in [-0.2, 0) is 11.2 Å². The van der Waals surface area contributed by atoms with E-state index in [1.54, 1.807) is 13.4 Å². The van der Waals surface area contributed by atoms with Gasteiger partial charge in [0.2, 0.25) is 0 Å². The van der Waals surface area contributed by atoms with Crippen LogP contribution in [0.1, 0.15) is 12.2 Å². The quantitative estimate of drug-likeness (QED) is 0.392. The van der Waals surface area contributed by atoms with Gasteiger partial charge < -0.3 is 19.8 Å². The second kappa shape index (κ2) is 11.7. The van der Waals surface area contributed by atoms with E-state index in [-0.39, 0.29) is 0 Å². The van der Waals surface area contributed by atoms with Crippen molar-refractivity contribution in [2.75, 3.05) is 45.4 Å². The Morgan fingerprint density at radius 2 is 2.25 bits per heavy atom. The fourth-order valence-corrected chi connectivity index (χ4v) is 1.91. The topological polar surface area (TPSA) is 58.8 Å². The number of rotatable bonds is 10. The Morgan fingerprint density at radius 3 is 2.95 bits per heavy atom. The zero-order valence-corrected chi connectivity index (χ0v) is 13.2. The highest BCUT2D eigenvalue weighted by molar-refractivity contribution is 7.98. The minimum Gasteiger partial charge on any atom is -0.469 e. The van der Waals surface area contributed by atoms with Crippen LogP contribution < -0.4 is 10.6 Å². The van der Waals surface area contributed by atoms with Gasteiger partial charge in [0.15, 0.2) is 5.96 Å². The highest BCUT2D eigenvalue weighted by Gasteiger charge is 1.99. The lowest BCUT2D eigenvalue weighted by atomic mass is 10.3. The molecule has 0 unspecified atom stereocenters. The molecule has 0 radical (unpaired) electrons. The van der Waals surface area contributed by atoms with E-state index in [0.717, 1.165) is 56.6 Å². The number of hydrogen-bond acceptors (Lipinski definition) is 4. The molecule has 0 aliphatic heterocycles. The van der Waals surface area contributed by atoms with Gasteiger partial charge in [-0.15, -0.1) is 0 Å². The molecular formula is C14H25N3O2S. The van der Waals surface area contributed by atoms with Gasteiger partial charge in [-0.3, -0.25) is 4.99 Å². The van der Waals surface area contributed by atoms with E-state index in [1.807, 2.05) is 23.9 Å². The zero-order valence-electron chi connectivity index (χ0n) is 12.4. The lowest BCUT2D eigenvalue weighted by Gasteiger charge is -2.11. The predicted octanol–water partition coefficient (Wildman–Crippen LogP) is 1.76. The summed E-state index contributed by atoms with van der Waals surface area (Å²) in [5.74, 6) is 2.92. The van der Waals surface area contributed by atoms with Gasteiger partial charge in [-0.25, -0.2) is 0 Å². The molecule has 1 heterocycles. The maximum Gasteiger partial charge on any atom is 0.191 e. The van der Waals surface area contributed by atoms with Crippen molar-refractivity contribution in [2.24, 2.45) is 4.99 Å². The number of guanidine groups is 1. The molecule has 1 aromatic rings. The first-order valence-electron chi connectivity index (χ1n) is 6.89. The van der Waals surface area contributed by atoms with Crippen LogP contribution in [0.4, 0.5) is 0 Å². The van der Waals surface area contributed by atoms with Crippen LogP contribution in [0.5, 0.6) is 0 Å². The van der Waals surface area contributed by atoms with Crippen LogP contribution in [0.2, 0.25) is 0 Å². The van der Waals surface area contributed by atoms with E-state index >= 15 is 0 Å². The van der Waals surface area contributed by atoms with Gasteiger partial charge in [-0.05, 0) is 24.8 Å². The molecule has 1 aromatic heterocycles. The first-order valence-corrected chi connectivity index (χ1v) is 8.28. The van der Waals surface area contributed by atoms with Crippen LogP contribution in [0.3, 0.4) is 0 Å². The fourth-order valence-electron chi connectivity index (χ4n) is 1.60. The molecule has 5 nitrogen and oxygen atoms in total. The molecule has 0 aliphatic carbocycles. The number of nitrogens with zero attached hydrogens (tertiary/aromatic N) is 1. The van der Waals surface area contributed by atoms with Crippen molar-refractivity contribution in [1.29, 1.82) is 0 Å². The molecule has 0 atom stereocenters. The molecule has 0 saturated carbocycles. The van der Waals surface area contributed by atoms with Crippen molar-refractivity contribution in [3.63, 3.8) is 0 Å². The number of hydrogen-bond donors (Lipinski definition) is 2. The van der Waals surface area contributed by atoms with Gasteiger partial charge >= 0.3 is 0 Å². The average molecular weight is 299 g/mol. The molecule has 114 valence electrons. The molecule has 0 aliphatic rings. The highest BCUT2D eigenvalue weighted by atomic mass is 32.2. The van der Waals surface area contributed by atoms with Crippen LogP contribution in [0, 0.1) is 0 Å². The monoisotopic (exact) mass is 299 g/mol. The number of ether oxygens (including phenoxy) is 1. The lowest BCUT2D eigenvalue weighted by Crippen LogP contribution is -2.39. The molecule has 0 aromatic carbocycles. The van der Waals surface area contributed by atoms with Crippen molar-refractivity contribution < 1.29 is 9.15 Å². The van der Waals surface area contributed by atoms with Gasteiger partial charge in [0.05, 0.1) is 6.26 Å². The molecular weight excluding hydrogens is 274 g/mol. The van der Waals surface area contributed by atoms with E-state index in [4.69, 9.17) is 9.15 Å². The Morgan fingerprint density at radius 1 is 1.40 bits per heavy atom. The summed E-state index contributed by atoms with van der Waals surface area (Å²) in [4.78, 5) is 4.53. The summed E-state index contributed by atoms with van der Waals surface area (Å²) in [6.45, 7) is 3.23. The van der Waals surface area contributed by atoms with Gasteiger partial charge in [0, 0.05) is 45.5 Å². The fraction of sp³-hybridized carbons (Fsp3) is 0.643. The summed E-state index contributed by atoms with van der Waals surface area (Å²) in [5.41, 5.74) is 0. The summed E-state index contributed by atoms with van der Waals surface area (Å²) in [7, 11) is 1.71. The third kappa shape index (κ3) is 8.12. The van der Waals surface area contributed by atoms with E-state index in [9.17, 15) is 0 Å². The summed E-state index contributed by atoms with van der Waals surface area (Å²) >= 11 is 1.82. The molecule has 20 heavy (non-hydrogen) atoms. The minimum absolute atomic E-state index is 0.744.